The summed E-state index contributed by atoms with van der Waals surface area (Å²) in [4.78, 5) is 19.2. The molecule has 4 heterocycles. The van der Waals surface area contributed by atoms with Gasteiger partial charge in [-0.1, -0.05) is 39.0 Å². The van der Waals surface area contributed by atoms with E-state index in [1.807, 2.05) is 35.9 Å². The van der Waals surface area contributed by atoms with Crippen molar-refractivity contribution >= 4 is 22.8 Å². The molecule has 0 amide bonds. The van der Waals surface area contributed by atoms with E-state index in [4.69, 9.17) is 9.97 Å². The molecule has 178 valence electrons. The fourth-order valence-electron chi connectivity index (χ4n) is 4.64. The van der Waals surface area contributed by atoms with Crippen LogP contribution in [0.5, 0.6) is 0 Å². The van der Waals surface area contributed by atoms with Gasteiger partial charge in [-0.2, -0.15) is 10.1 Å². The third-order valence-electron chi connectivity index (χ3n) is 6.82. The molecule has 0 saturated carbocycles. The highest BCUT2D eigenvalue weighted by Gasteiger charge is 2.23. The Labute approximate surface area is 201 Å². The number of benzene rings is 1. The smallest absolute Gasteiger partial charge is 0.227 e. The largest absolute Gasteiger partial charge is 0.365 e. The Morgan fingerprint density at radius 3 is 2.38 bits per heavy atom. The highest BCUT2D eigenvalue weighted by molar-refractivity contribution is 5.75. The van der Waals surface area contributed by atoms with E-state index in [0.29, 0.717) is 0 Å². The van der Waals surface area contributed by atoms with Gasteiger partial charge in [0.1, 0.15) is 5.52 Å². The molecule has 0 N–H and O–H groups in total. The first-order valence-corrected chi connectivity index (χ1v) is 12.0. The lowest BCUT2D eigenvalue weighted by Gasteiger charge is -2.35. The number of fused-ring (bicyclic) bond motifs is 1. The van der Waals surface area contributed by atoms with Crippen molar-refractivity contribution in [2.75, 3.05) is 36.0 Å². The number of aryl methyl sites for hydroxylation is 3. The Bertz CT molecular complexity index is 1320. The molecule has 0 radical (unpaired) electrons. The van der Waals surface area contributed by atoms with Crippen LogP contribution in [0.15, 0.2) is 36.9 Å². The summed E-state index contributed by atoms with van der Waals surface area (Å²) in [6, 6.07) is 6.81. The number of imidazole rings is 1. The van der Waals surface area contributed by atoms with E-state index in [9.17, 15) is 0 Å². The zero-order valence-electron chi connectivity index (χ0n) is 21.1. The van der Waals surface area contributed by atoms with Crippen molar-refractivity contribution in [3.63, 3.8) is 0 Å². The van der Waals surface area contributed by atoms with Crippen molar-refractivity contribution in [1.82, 2.24) is 29.3 Å². The Morgan fingerprint density at radius 1 is 0.971 bits per heavy atom. The quantitative estimate of drug-likeness (QED) is 0.465. The van der Waals surface area contributed by atoms with Gasteiger partial charge < -0.3 is 14.4 Å². The topological polar surface area (TPSA) is 67.9 Å². The molecule has 8 heteroatoms. The molecule has 5 rings (SSSR count). The van der Waals surface area contributed by atoms with E-state index < -0.39 is 0 Å². The summed E-state index contributed by atoms with van der Waals surface area (Å²) in [5, 5.41) is 4.31. The number of hydrogen-bond donors (Lipinski definition) is 0. The van der Waals surface area contributed by atoms with E-state index in [0.717, 1.165) is 61.1 Å². The van der Waals surface area contributed by atoms with Crippen LogP contribution in [0.2, 0.25) is 0 Å². The van der Waals surface area contributed by atoms with Gasteiger partial charge in [-0.05, 0) is 29.0 Å². The van der Waals surface area contributed by atoms with Gasteiger partial charge in [0.25, 0.3) is 0 Å². The normalized spacial score (nSPS) is 14.9. The molecule has 0 aliphatic carbocycles. The third-order valence-corrected chi connectivity index (χ3v) is 6.82. The van der Waals surface area contributed by atoms with Gasteiger partial charge in [0.2, 0.25) is 5.95 Å². The second-order valence-corrected chi connectivity index (χ2v) is 10.4. The van der Waals surface area contributed by atoms with Crippen molar-refractivity contribution in [3.05, 3.63) is 59.3 Å². The molecular formula is C26H34N8. The van der Waals surface area contributed by atoms with Gasteiger partial charge in [-0.3, -0.25) is 4.68 Å². The molecule has 0 unspecified atom stereocenters. The lowest BCUT2D eigenvalue weighted by molar-refractivity contribution is 0.589. The van der Waals surface area contributed by atoms with Crippen LogP contribution in [0, 0.1) is 6.92 Å². The van der Waals surface area contributed by atoms with Crippen molar-refractivity contribution in [2.24, 2.45) is 14.1 Å². The van der Waals surface area contributed by atoms with Gasteiger partial charge in [0.15, 0.2) is 5.65 Å². The Hall–Kier alpha value is -3.42. The van der Waals surface area contributed by atoms with Crippen molar-refractivity contribution < 1.29 is 0 Å². The molecule has 4 aromatic rings. The van der Waals surface area contributed by atoms with Crippen LogP contribution < -0.4 is 9.80 Å². The monoisotopic (exact) mass is 458 g/mol. The highest BCUT2D eigenvalue weighted by Crippen LogP contribution is 2.28. The Morgan fingerprint density at radius 2 is 1.71 bits per heavy atom. The van der Waals surface area contributed by atoms with E-state index in [1.165, 1.54) is 16.7 Å². The second-order valence-electron chi connectivity index (χ2n) is 10.4. The third kappa shape index (κ3) is 4.24. The first-order chi connectivity index (χ1) is 16.2. The van der Waals surface area contributed by atoms with Gasteiger partial charge in [0, 0.05) is 52.9 Å². The average molecular weight is 459 g/mol. The molecule has 1 aliphatic rings. The van der Waals surface area contributed by atoms with Crippen LogP contribution in [0.4, 0.5) is 11.6 Å². The lowest BCUT2D eigenvalue weighted by Crippen LogP contribution is -2.47. The molecule has 1 saturated heterocycles. The number of anilines is 2. The van der Waals surface area contributed by atoms with Crippen LogP contribution in [0.3, 0.4) is 0 Å². The zero-order chi connectivity index (χ0) is 24.0. The molecule has 1 aromatic carbocycles. The van der Waals surface area contributed by atoms with E-state index in [1.54, 1.807) is 0 Å². The van der Waals surface area contributed by atoms with Crippen molar-refractivity contribution in [2.45, 2.75) is 39.5 Å². The fraction of sp³-hybridized carbons (Fsp3) is 0.462. The van der Waals surface area contributed by atoms with Crippen LogP contribution >= 0.6 is 0 Å². The lowest BCUT2D eigenvalue weighted by atomic mass is 9.84. The maximum atomic E-state index is 5.11. The van der Waals surface area contributed by atoms with E-state index in [-0.39, 0.29) is 5.41 Å². The van der Waals surface area contributed by atoms with Gasteiger partial charge in [0.05, 0.1) is 23.9 Å². The van der Waals surface area contributed by atoms with Crippen molar-refractivity contribution in [3.8, 4) is 0 Å². The molecule has 1 aliphatic heterocycles. The zero-order valence-corrected chi connectivity index (χ0v) is 21.1. The van der Waals surface area contributed by atoms with Crippen molar-refractivity contribution in [1.29, 1.82) is 0 Å². The summed E-state index contributed by atoms with van der Waals surface area (Å²) < 4.78 is 3.89. The minimum absolute atomic E-state index is 0.106. The van der Waals surface area contributed by atoms with Crippen LogP contribution in [-0.2, 0) is 25.9 Å². The number of hydrogen-bond acceptors (Lipinski definition) is 6. The van der Waals surface area contributed by atoms with Gasteiger partial charge in [-0.25, -0.2) is 9.97 Å². The Kier molecular flexibility index (Phi) is 5.54. The molecule has 3 aromatic heterocycles. The minimum Gasteiger partial charge on any atom is -0.365 e. The number of piperazine rings is 1. The molecular weight excluding hydrogens is 424 g/mol. The first kappa shape index (κ1) is 22.4. The molecule has 0 bridgehead atoms. The molecule has 0 spiro atoms. The Balaban J connectivity index is 1.45. The van der Waals surface area contributed by atoms with E-state index >= 15 is 0 Å². The minimum atomic E-state index is 0.106. The van der Waals surface area contributed by atoms with Crippen LogP contribution in [0.25, 0.3) is 11.2 Å². The number of nitrogens with zero attached hydrogens (tertiary/aromatic N) is 8. The summed E-state index contributed by atoms with van der Waals surface area (Å²) in [7, 11) is 3.98. The summed E-state index contributed by atoms with van der Waals surface area (Å²) in [5.41, 5.74) is 8.02. The average Bonchev–Trinajstić information content (AvgIpc) is 3.40. The SMILES string of the molecule is Cc1ccc(C(C)(C)C)cc1Cc1nc(N2CCN(c3cnn(C)c3)CC2)nc2ncn(C)c12. The first-order valence-electron chi connectivity index (χ1n) is 12.0. The van der Waals surface area contributed by atoms with Gasteiger partial charge >= 0.3 is 0 Å². The summed E-state index contributed by atoms with van der Waals surface area (Å²) in [5.74, 6) is 0.775. The highest BCUT2D eigenvalue weighted by atomic mass is 15.3. The number of aromatic nitrogens is 6. The maximum absolute atomic E-state index is 5.11. The standard InChI is InChI=1S/C26H34N8/c1-18-7-8-20(26(2,3)4)13-19(18)14-22-23-24(27-17-31(23)5)30-25(29-22)34-11-9-33(10-12-34)21-15-28-32(6)16-21/h7-8,13,15-17H,9-12,14H2,1-6H3. The fourth-order valence-corrected chi connectivity index (χ4v) is 4.64. The predicted octanol–water partition coefficient (Wildman–Crippen LogP) is 3.62. The van der Waals surface area contributed by atoms with Gasteiger partial charge in [-0.15, -0.1) is 0 Å². The summed E-state index contributed by atoms with van der Waals surface area (Å²) >= 11 is 0. The maximum Gasteiger partial charge on any atom is 0.227 e. The van der Waals surface area contributed by atoms with E-state index in [2.05, 4.69) is 72.0 Å². The van der Waals surface area contributed by atoms with Crippen LogP contribution in [0.1, 0.15) is 43.2 Å². The second kappa shape index (κ2) is 8.42. The predicted molar refractivity (Wildman–Crippen MR) is 137 cm³/mol. The summed E-state index contributed by atoms with van der Waals surface area (Å²) in [6.45, 7) is 12.5. The summed E-state index contributed by atoms with van der Waals surface area (Å²) in [6.07, 6.45) is 6.60. The molecule has 0 atom stereocenters. The number of rotatable bonds is 4. The molecule has 8 nitrogen and oxygen atoms in total. The molecule has 34 heavy (non-hydrogen) atoms. The van der Waals surface area contributed by atoms with Crippen LogP contribution in [-0.4, -0.2) is 55.5 Å². The molecule has 1 fully saturated rings.